The number of hydrogen-bond acceptors (Lipinski definition) is 5. The lowest BCUT2D eigenvalue weighted by molar-refractivity contribution is -0.120. The zero-order valence-electron chi connectivity index (χ0n) is 16.7. The van der Waals surface area contributed by atoms with E-state index < -0.39 is 0 Å². The number of carbonyl (C=O) groups is 1. The van der Waals surface area contributed by atoms with Gasteiger partial charge in [0, 0.05) is 49.8 Å². The number of Topliss-reactive ketones (excluding diaryl/α,β-unsaturated/α-hetero) is 1. The maximum atomic E-state index is 12.7. The van der Waals surface area contributed by atoms with Crippen LogP contribution in [0.5, 0.6) is 5.75 Å². The standard InChI is InChI=1S/C23H26N4O2/c1-29-22-9-7-20(8-10-22)26-15-13-25(14-16-26)17-21(28)18-27-12-11-24-23(27)19-5-3-2-4-6-19/h2-12H,13-18H2,1H3. The molecule has 1 fully saturated rings. The smallest absolute Gasteiger partial charge is 0.166 e. The minimum Gasteiger partial charge on any atom is -0.497 e. The van der Waals surface area contributed by atoms with Crippen molar-refractivity contribution in [2.75, 3.05) is 44.7 Å². The van der Waals surface area contributed by atoms with Gasteiger partial charge in [0.2, 0.25) is 0 Å². The molecule has 0 N–H and O–H groups in total. The van der Waals surface area contributed by atoms with Crippen molar-refractivity contribution in [3.8, 4) is 17.1 Å². The fourth-order valence-corrected chi connectivity index (χ4v) is 3.73. The van der Waals surface area contributed by atoms with Crippen LogP contribution in [-0.2, 0) is 11.3 Å². The highest BCUT2D eigenvalue weighted by molar-refractivity contribution is 5.81. The molecule has 2 aromatic carbocycles. The molecule has 3 aromatic rings. The van der Waals surface area contributed by atoms with Crippen LogP contribution in [-0.4, -0.2) is 60.1 Å². The fraction of sp³-hybridized carbons (Fsp3) is 0.304. The van der Waals surface area contributed by atoms with Gasteiger partial charge in [-0.05, 0) is 24.3 Å². The molecule has 0 saturated carbocycles. The third-order valence-electron chi connectivity index (χ3n) is 5.30. The first-order valence-electron chi connectivity index (χ1n) is 9.92. The van der Waals surface area contributed by atoms with Crippen LogP contribution in [0.15, 0.2) is 67.0 Å². The highest BCUT2D eigenvalue weighted by Crippen LogP contribution is 2.21. The second-order valence-electron chi connectivity index (χ2n) is 7.24. The van der Waals surface area contributed by atoms with Crippen molar-refractivity contribution in [3.63, 3.8) is 0 Å². The first-order valence-corrected chi connectivity index (χ1v) is 9.92. The van der Waals surface area contributed by atoms with E-state index in [2.05, 4.69) is 26.9 Å². The molecule has 4 rings (SSSR count). The predicted molar refractivity (Wildman–Crippen MR) is 114 cm³/mol. The van der Waals surface area contributed by atoms with Crippen molar-refractivity contribution >= 4 is 11.5 Å². The summed E-state index contributed by atoms with van der Waals surface area (Å²) in [5.41, 5.74) is 2.22. The van der Waals surface area contributed by atoms with Crippen molar-refractivity contribution in [1.82, 2.24) is 14.5 Å². The first-order chi connectivity index (χ1) is 14.2. The fourth-order valence-electron chi connectivity index (χ4n) is 3.73. The van der Waals surface area contributed by atoms with Crippen molar-refractivity contribution in [2.24, 2.45) is 0 Å². The van der Waals surface area contributed by atoms with Gasteiger partial charge < -0.3 is 14.2 Å². The lowest BCUT2D eigenvalue weighted by Gasteiger charge is -2.35. The molecule has 0 atom stereocenters. The molecule has 0 spiro atoms. The Morgan fingerprint density at radius 2 is 1.69 bits per heavy atom. The van der Waals surface area contributed by atoms with E-state index in [1.165, 1.54) is 5.69 Å². The summed E-state index contributed by atoms with van der Waals surface area (Å²) >= 11 is 0. The number of ketones is 1. The number of rotatable bonds is 7. The van der Waals surface area contributed by atoms with Gasteiger partial charge in [-0.1, -0.05) is 30.3 Å². The number of benzene rings is 2. The average molecular weight is 390 g/mol. The molecule has 6 heteroatoms. The van der Waals surface area contributed by atoms with Gasteiger partial charge in [-0.15, -0.1) is 0 Å². The number of anilines is 1. The Labute approximate surface area is 171 Å². The van der Waals surface area contributed by atoms with E-state index in [1.54, 1.807) is 13.3 Å². The number of methoxy groups -OCH3 is 1. The Morgan fingerprint density at radius 3 is 2.38 bits per heavy atom. The summed E-state index contributed by atoms with van der Waals surface area (Å²) in [6.45, 7) is 4.42. The van der Waals surface area contributed by atoms with Crippen LogP contribution in [0.1, 0.15) is 0 Å². The summed E-state index contributed by atoms with van der Waals surface area (Å²) in [7, 11) is 1.68. The molecule has 1 aliphatic rings. The summed E-state index contributed by atoms with van der Waals surface area (Å²) in [5.74, 6) is 1.91. The second kappa shape index (κ2) is 8.92. The van der Waals surface area contributed by atoms with Crippen LogP contribution in [0.4, 0.5) is 5.69 Å². The van der Waals surface area contributed by atoms with Crippen LogP contribution < -0.4 is 9.64 Å². The summed E-state index contributed by atoms with van der Waals surface area (Å²) < 4.78 is 7.16. The average Bonchev–Trinajstić information content (AvgIpc) is 3.23. The monoisotopic (exact) mass is 390 g/mol. The molecule has 0 aliphatic carbocycles. The van der Waals surface area contributed by atoms with Crippen LogP contribution in [0.25, 0.3) is 11.4 Å². The summed E-state index contributed by atoms with van der Waals surface area (Å²) in [6.07, 6.45) is 3.63. The van der Waals surface area contributed by atoms with Gasteiger partial charge in [0.15, 0.2) is 5.78 Å². The van der Waals surface area contributed by atoms with E-state index in [0.717, 1.165) is 43.3 Å². The van der Waals surface area contributed by atoms with Crippen LogP contribution in [0, 0.1) is 0 Å². The topological polar surface area (TPSA) is 50.6 Å². The largest absolute Gasteiger partial charge is 0.497 e. The van der Waals surface area contributed by atoms with Crippen LogP contribution in [0.2, 0.25) is 0 Å². The second-order valence-corrected chi connectivity index (χ2v) is 7.24. The van der Waals surface area contributed by atoms with Gasteiger partial charge in [0.25, 0.3) is 0 Å². The molecule has 1 aliphatic heterocycles. The van der Waals surface area contributed by atoms with Gasteiger partial charge in [-0.3, -0.25) is 9.69 Å². The third-order valence-corrected chi connectivity index (χ3v) is 5.30. The molecule has 0 amide bonds. The quantitative estimate of drug-likeness (QED) is 0.621. The molecule has 0 radical (unpaired) electrons. The highest BCUT2D eigenvalue weighted by Gasteiger charge is 2.20. The normalized spacial score (nSPS) is 14.7. The summed E-state index contributed by atoms with van der Waals surface area (Å²) in [6, 6.07) is 18.1. The minimum absolute atomic E-state index is 0.207. The zero-order valence-corrected chi connectivity index (χ0v) is 16.7. The molecule has 1 aromatic heterocycles. The van der Waals surface area contributed by atoms with E-state index in [-0.39, 0.29) is 5.78 Å². The number of imidazole rings is 1. The van der Waals surface area contributed by atoms with Gasteiger partial charge in [-0.25, -0.2) is 4.98 Å². The number of carbonyl (C=O) groups excluding carboxylic acids is 1. The van der Waals surface area contributed by atoms with Gasteiger partial charge in [0.1, 0.15) is 11.6 Å². The Kier molecular flexibility index (Phi) is 5.91. The van der Waals surface area contributed by atoms with Crippen molar-refractivity contribution in [2.45, 2.75) is 6.54 Å². The molecule has 0 unspecified atom stereocenters. The van der Waals surface area contributed by atoms with Crippen molar-refractivity contribution in [1.29, 1.82) is 0 Å². The maximum absolute atomic E-state index is 12.7. The number of aromatic nitrogens is 2. The SMILES string of the molecule is COc1ccc(N2CCN(CC(=O)Cn3ccnc3-c3ccccc3)CC2)cc1. The highest BCUT2D eigenvalue weighted by atomic mass is 16.5. The minimum atomic E-state index is 0.207. The lowest BCUT2D eigenvalue weighted by atomic mass is 10.2. The lowest BCUT2D eigenvalue weighted by Crippen LogP contribution is -2.48. The van der Waals surface area contributed by atoms with E-state index in [9.17, 15) is 4.79 Å². The van der Waals surface area contributed by atoms with Gasteiger partial charge in [0.05, 0.1) is 20.2 Å². The van der Waals surface area contributed by atoms with Crippen molar-refractivity contribution < 1.29 is 9.53 Å². The van der Waals surface area contributed by atoms with Crippen molar-refractivity contribution in [3.05, 3.63) is 67.0 Å². The Morgan fingerprint density at radius 1 is 0.966 bits per heavy atom. The predicted octanol–water partition coefficient (Wildman–Crippen LogP) is 2.95. The summed E-state index contributed by atoms with van der Waals surface area (Å²) in [4.78, 5) is 21.7. The van der Waals surface area contributed by atoms with Gasteiger partial charge >= 0.3 is 0 Å². The molecule has 1 saturated heterocycles. The zero-order chi connectivity index (χ0) is 20.1. The van der Waals surface area contributed by atoms with Gasteiger partial charge in [-0.2, -0.15) is 0 Å². The van der Waals surface area contributed by atoms with E-state index in [0.29, 0.717) is 13.1 Å². The van der Waals surface area contributed by atoms with E-state index >= 15 is 0 Å². The van der Waals surface area contributed by atoms with E-state index in [4.69, 9.17) is 4.74 Å². The molecule has 2 heterocycles. The number of piperazine rings is 1. The third kappa shape index (κ3) is 4.66. The summed E-state index contributed by atoms with van der Waals surface area (Å²) in [5, 5.41) is 0. The molecular weight excluding hydrogens is 364 g/mol. The Bertz CT molecular complexity index is 929. The molecular formula is C23H26N4O2. The molecule has 29 heavy (non-hydrogen) atoms. The number of hydrogen-bond donors (Lipinski definition) is 0. The van der Waals surface area contributed by atoms with E-state index in [1.807, 2.05) is 53.2 Å². The Hall–Kier alpha value is -3.12. The maximum Gasteiger partial charge on any atom is 0.166 e. The van der Waals surface area contributed by atoms with Crippen LogP contribution >= 0.6 is 0 Å². The first kappa shape index (κ1) is 19.2. The van der Waals surface area contributed by atoms with Crippen LogP contribution in [0.3, 0.4) is 0 Å². The molecule has 0 bridgehead atoms. The molecule has 6 nitrogen and oxygen atoms in total. The Balaban J connectivity index is 1.30. The molecule has 150 valence electrons. The number of ether oxygens (including phenoxy) is 1. The number of nitrogens with zero attached hydrogens (tertiary/aromatic N) is 4.